The molecule has 0 radical (unpaired) electrons. The van der Waals surface area contributed by atoms with Crippen LogP contribution in [0.1, 0.15) is 53.5 Å². The normalized spacial score (nSPS) is 11.6. The van der Waals surface area contributed by atoms with Crippen molar-refractivity contribution in [2.24, 2.45) is 11.8 Å². The Morgan fingerprint density at radius 3 is 2.09 bits per heavy atom. The zero-order chi connectivity index (χ0) is 26.2. The van der Waals surface area contributed by atoms with Gasteiger partial charge in [0.05, 0.1) is 7.11 Å². The Morgan fingerprint density at radius 2 is 1.57 bits per heavy atom. The average Bonchev–Trinajstić information content (AvgIpc) is 2.80. The molecule has 0 bridgehead atoms. The van der Waals surface area contributed by atoms with E-state index in [1.807, 2.05) is 39.8 Å². The van der Waals surface area contributed by atoms with Crippen LogP contribution in [0.2, 0.25) is 0 Å². The predicted octanol–water partition coefficient (Wildman–Crippen LogP) is 5.34. The van der Waals surface area contributed by atoms with Gasteiger partial charge in [-0.25, -0.2) is 0 Å². The van der Waals surface area contributed by atoms with Crippen molar-refractivity contribution < 1.29 is 22.1 Å². The maximum Gasteiger partial charge on any atom is 0.339 e. The van der Waals surface area contributed by atoms with E-state index in [9.17, 15) is 13.2 Å². The van der Waals surface area contributed by atoms with Crippen molar-refractivity contribution >= 4 is 21.7 Å². The first-order chi connectivity index (χ1) is 16.5. The first kappa shape index (κ1) is 28.5. The van der Waals surface area contributed by atoms with Gasteiger partial charge in [0.2, 0.25) is 5.91 Å². The number of methoxy groups -OCH3 is 1. The van der Waals surface area contributed by atoms with Crippen LogP contribution in [-0.4, -0.2) is 46.0 Å². The molecule has 0 saturated heterocycles. The number of nitrogens with zero attached hydrogens (tertiary/aromatic N) is 2. The second-order valence-electron chi connectivity index (χ2n) is 9.44. The third-order valence-corrected chi connectivity index (χ3v) is 6.86. The molecule has 2 aromatic carbocycles. The van der Waals surface area contributed by atoms with Gasteiger partial charge < -0.3 is 18.7 Å². The second-order valence-corrected chi connectivity index (χ2v) is 11.0. The number of hydrogen-bond acceptors (Lipinski definition) is 6. The molecule has 0 atom stereocenters. The minimum atomic E-state index is -4.09. The van der Waals surface area contributed by atoms with E-state index in [0.717, 1.165) is 18.8 Å². The molecule has 0 saturated carbocycles. The number of benzene rings is 2. The first-order valence-electron chi connectivity index (χ1n) is 12.2. The number of hydrogen-bond donors (Lipinski definition) is 0. The van der Waals surface area contributed by atoms with Crippen LogP contribution in [0.4, 0.5) is 5.69 Å². The Labute approximate surface area is 211 Å². The van der Waals surface area contributed by atoms with E-state index in [1.165, 1.54) is 19.2 Å². The zero-order valence-corrected chi connectivity index (χ0v) is 22.9. The molecule has 0 aromatic heterocycles. The van der Waals surface area contributed by atoms with Gasteiger partial charge in [0.25, 0.3) is 0 Å². The van der Waals surface area contributed by atoms with E-state index in [2.05, 4.69) is 18.7 Å². The lowest BCUT2D eigenvalue weighted by molar-refractivity contribution is -0.133. The molecule has 1 amide bonds. The lowest BCUT2D eigenvalue weighted by atomic mass is 10.1. The average molecular weight is 505 g/mol. The molecule has 0 aliphatic rings. The first-order valence-corrected chi connectivity index (χ1v) is 13.7. The maximum absolute atomic E-state index is 13.2. The third-order valence-electron chi connectivity index (χ3n) is 5.61. The van der Waals surface area contributed by atoms with E-state index < -0.39 is 10.1 Å². The largest absolute Gasteiger partial charge is 0.497 e. The van der Waals surface area contributed by atoms with Crippen molar-refractivity contribution in [1.82, 2.24) is 4.90 Å². The van der Waals surface area contributed by atoms with Gasteiger partial charge in [-0.05, 0) is 56.0 Å². The molecule has 0 spiro atoms. The molecule has 0 heterocycles. The molecule has 2 rings (SSSR count). The lowest BCUT2D eigenvalue weighted by Gasteiger charge is -2.27. The van der Waals surface area contributed by atoms with Crippen molar-refractivity contribution in [3.05, 3.63) is 48.0 Å². The summed E-state index contributed by atoms with van der Waals surface area (Å²) in [5.41, 5.74) is 1.51. The van der Waals surface area contributed by atoms with E-state index in [-0.39, 0.29) is 34.9 Å². The van der Waals surface area contributed by atoms with Gasteiger partial charge in [-0.2, -0.15) is 8.42 Å². The summed E-state index contributed by atoms with van der Waals surface area (Å²) in [6.07, 6.45) is 0.435. The molecule has 8 heteroatoms. The van der Waals surface area contributed by atoms with Crippen LogP contribution in [0, 0.1) is 11.8 Å². The van der Waals surface area contributed by atoms with E-state index >= 15 is 0 Å². The van der Waals surface area contributed by atoms with E-state index in [0.29, 0.717) is 24.3 Å². The van der Waals surface area contributed by atoms with Gasteiger partial charge in [-0.3, -0.25) is 4.79 Å². The summed E-state index contributed by atoms with van der Waals surface area (Å²) in [7, 11) is -2.57. The minimum Gasteiger partial charge on any atom is -0.497 e. The highest BCUT2D eigenvalue weighted by atomic mass is 32.2. The van der Waals surface area contributed by atoms with Crippen LogP contribution < -0.4 is 13.8 Å². The number of carbonyl (C=O) groups is 1. The molecule has 0 aliphatic heterocycles. The monoisotopic (exact) mass is 504 g/mol. The molecule has 2 aromatic rings. The fraction of sp³-hybridized carbons (Fsp3) is 0.519. The maximum atomic E-state index is 13.2. The summed E-state index contributed by atoms with van der Waals surface area (Å²) < 4.78 is 37.2. The Bertz CT molecular complexity index is 1060. The number of carbonyl (C=O) groups excluding carboxylic acids is 1. The fourth-order valence-corrected chi connectivity index (χ4v) is 4.78. The van der Waals surface area contributed by atoms with Gasteiger partial charge in [-0.15, -0.1) is 0 Å². The smallest absolute Gasteiger partial charge is 0.339 e. The lowest BCUT2D eigenvalue weighted by Crippen LogP contribution is -2.34. The van der Waals surface area contributed by atoms with E-state index in [4.69, 9.17) is 8.92 Å². The molecule has 0 N–H and O–H groups in total. The van der Waals surface area contributed by atoms with Gasteiger partial charge >= 0.3 is 10.1 Å². The van der Waals surface area contributed by atoms with Crippen molar-refractivity contribution in [1.29, 1.82) is 0 Å². The highest BCUT2D eigenvalue weighted by molar-refractivity contribution is 7.87. The van der Waals surface area contributed by atoms with Crippen LogP contribution in [0.5, 0.6) is 11.5 Å². The van der Waals surface area contributed by atoms with Crippen LogP contribution in [0.15, 0.2) is 47.4 Å². The minimum absolute atomic E-state index is 0.0346. The van der Waals surface area contributed by atoms with Crippen LogP contribution >= 0.6 is 0 Å². The highest BCUT2D eigenvalue weighted by Crippen LogP contribution is 2.31. The fourth-order valence-electron chi connectivity index (χ4n) is 3.82. The van der Waals surface area contributed by atoms with Crippen LogP contribution in [0.3, 0.4) is 0 Å². The molecule has 0 aliphatic carbocycles. The van der Waals surface area contributed by atoms with Gasteiger partial charge in [0.15, 0.2) is 0 Å². The van der Waals surface area contributed by atoms with Crippen molar-refractivity contribution in [3.8, 4) is 11.5 Å². The highest BCUT2D eigenvalue weighted by Gasteiger charge is 2.23. The van der Waals surface area contributed by atoms with Crippen LogP contribution in [-0.2, 0) is 21.5 Å². The predicted molar refractivity (Wildman–Crippen MR) is 141 cm³/mol. The van der Waals surface area contributed by atoms with Crippen molar-refractivity contribution in [3.63, 3.8) is 0 Å². The molecular weight excluding hydrogens is 464 g/mol. The Kier molecular flexibility index (Phi) is 10.4. The summed E-state index contributed by atoms with van der Waals surface area (Å²) >= 11 is 0. The number of ether oxygens (including phenoxy) is 1. The molecule has 35 heavy (non-hydrogen) atoms. The topological polar surface area (TPSA) is 76.2 Å². The molecule has 194 valence electrons. The van der Waals surface area contributed by atoms with E-state index in [1.54, 1.807) is 23.1 Å². The van der Waals surface area contributed by atoms with Gasteiger partial charge in [0, 0.05) is 49.9 Å². The zero-order valence-electron chi connectivity index (χ0n) is 22.1. The Hall–Kier alpha value is -2.74. The standard InChI is InChI=1S/C27H40N2O5S/c1-8-28(9-2)23-11-10-22(19-29(18-21(5)6)27(30)16-20(3)4)26(17-23)34-35(31,32)25-14-12-24(33-7)13-15-25/h10-15,17,20-21H,8-9,16,18-19H2,1-7H3. The summed E-state index contributed by atoms with van der Waals surface area (Å²) in [5, 5.41) is 0. The number of anilines is 1. The molecular formula is C27H40N2O5S. The SMILES string of the molecule is CCN(CC)c1ccc(CN(CC(C)C)C(=O)CC(C)C)c(OS(=O)(=O)c2ccc(OC)cc2)c1. The van der Waals surface area contributed by atoms with Gasteiger partial charge in [0.1, 0.15) is 16.4 Å². The number of rotatable bonds is 13. The second kappa shape index (κ2) is 12.8. The van der Waals surface area contributed by atoms with Crippen molar-refractivity contribution in [2.45, 2.75) is 59.4 Å². The third kappa shape index (κ3) is 8.16. The summed E-state index contributed by atoms with van der Waals surface area (Å²) in [6, 6.07) is 11.7. The Morgan fingerprint density at radius 1 is 0.943 bits per heavy atom. The van der Waals surface area contributed by atoms with Crippen molar-refractivity contribution in [2.75, 3.05) is 31.6 Å². The molecule has 0 fully saturated rings. The quantitative estimate of drug-likeness (QED) is 0.343. The summed E-state index contributed by atoms with van der Waals surface area (Å²) in [6.45, 7) is 14.6. The van der Waals surface area contributed by atoms with Gasteiger partial charge in [-0.1, -0.05) is 33.8 Å². The molecule has 0 unspecified atom stereocenters. The summed E-state index contributed by atoms with van der Waals surface area (Å²) in [5.74, 6) is 1.34. The molecule has 7 nitrogen and oxygen atoms in total. The Balaban J connectivity index is 2.49. The summed E-state index contributed by atoms with van der Waals surface area (Å²) in [4.78, 5) is 16.9. The number of amides is 1. The van der Waals surface area contributed by atoms with Crippen LogP contribution in [0.25, 0.3) is 0 Å².